The van der Waals surface area contributed by atoms with Crippen molar-refractivity contribution in [2.75, 3.05) is 40.3 Å². The summed E-state index contributed by atoms with van der Waals surface area (Å²) in [6.45, 7) is 5.21. The molecule has 1 fully saturated rings. The highest BCUT2D eigenvalue weighted by molar-refractivity contribution is 14.0. The first-order valence-electron chi connectivity index (χ1n) is 8.00. The van der Waals surface area contributed by atoms with Gasteiger partial charge in [0.25, 0.3) is 0 Å². The van der Waals surface area contributed by atoms with Gasteiger partial charge in [-0.05, 0) is 26.7 Å². The number of rotatable bonds is 5. The second-order valence-electron chi connectivity index (χ2n) is 6.22. The topological polar surface area (TPSA) is 97.3 Å². The molecular weight excluding hydrogens is 425 g/mol. The standard InChI is InChI=1S/C15H29N5O3.HI/c1-11(2)18-13(22)9-16-15(17-10-14(23)19(3)4)20-7-5-12(21)6-8-20;/h11-12,21H,5-10H2,1-4H3,(H,16,17)(H,18,22);1H. The Kier molecular flexibility index (Phi) is 10.9. The summed E-state index contributed by atoms with van der Waals surface area (Å²) in [7, 11) is 3.38. The van der Waals surface area contributed by atoms with Crippen LogP contribution in [-0.2, 0) is 9.59 Å². The Balaban J connectivity index is 0.00000529. The number of likely N-dealkylation sites (tertiary alicyclic amines) is 1. The second kappa shape index (κ2) is 11.5. The first kappa shape index (κ1) is 22.9. The lowest BCUT2D eigenvalue weighted by molar-refractivity contribution is -0.127. The van der Waals surface area contributed by atoms with E-state index >= 15 is 0 Å². The summed E-state index contributed by atoms with van der Waals surface area (Å²) in [4.78, 5) is 31.3. The molecule has 8 nitrogen and oxygen atoms in total. The van der Waals surface area contributed by atoms with Crippen LogP contribution in [0.4, 0.5) is 0 Å². The highest BCUT2D eigenvalue weighted by atomic mass is 127. The van der Waals surface area contributed by atoms with E-state index in [9.17, 15) is 14.7 Å². The van der Waals surface area contributed by atoms with E-state index in [-0.39, 0.29) is 61.0 Å². The maximum atomic E-state index is 11.8. The van der Waals surface area contributed by atoms with Gasteiger partial charge in [-0.2, -0.15) is 0 Å². The van der Waals surface area contributed by atoms with Crippen molar-refractivity contribution in [2.24, 2.45) is 4.99 Å². The van der Waals surface area contributed by atoms with Crippen molar-refractivity contribution in [3.8, 4) is 0 Å². The van der Waals surface area contributed by atoms with E-state index in [1.165, 1.54) is 4.90 Å². The largest absolute Gasteiger partial charge is 0.393 e. The summed E-state index contributed by atoms with van der Waals surface area (Å²) in [6, 6.07) is 0.0644. The number of nitrogens with one attached hydrogen (secondary N) is 2. The van der Waals surface area contributed by atoms with Crippen LogP contribution in [-0.4, -0.2) is 85.1 Å². The number of aliphatic hydroxyl groups is 1. The molecule has 0 spiro atoms. The van der Waals surface area contributed by atoms with Crippen molar-refractivity contribution in [1.29, 1.82) is 0 Å². The van der Waals surface area contributed by atoms with Gasteiger partial charge in [-0.25, -0.2) is 4.99 Å². The fourth-order valence-corrected chi connectivity index (χ4v) is 2.17. The van der Waals surface area contributed by atoms with Gasteiger partial charge in [-0.15, -0.1) is 24.0 Å². The monoisotopic (exact) mass is 455 g/mol. The van der Waals surface area contributed by atoms with Gasteiger partial charge in [0.2, 0.25) is 11.8 Å². The van der Waals surface area contributed by atoms with Gasteiger partial charge in [0.1, 0.15) is 6.54 Å². The minimum Gasteiger partial charge on any atom is -0.393 e. The maximum absolute atomic E-state index is 11.8. The normalized spacial score (nSPS) is 15.8. The van der Waals surface area contributed by atoms with Crippen molar-refractivity contribution >= 4 is 41.8 Å². The van der Waals surface area contributed by atoms with Crippen LogP contribution in [0.1, 0.15) is 26.7 Å². The molecule has 0 aromatic heterocycles. The van der Waals surface area contributed by atoms with Gasteiger partial charge < -0.3 is 25.5 Å². The van der Waals surface area contributed by atoms with Gasteiger partial charge >= 0.3 is 0 Å². The number of carbonyl (C=O) groups excluding carboxylic acids is 2. The van der Waals surface area contributed by atoms with Gasteiger partial charge in [0, 0.05) is 33.2 Å². The Morgan fingerprint density at radius 2 is 1.88 bits per heavy atom. The average Bonchev–Trinajstić information content (AvgIpc) is 2.47. The van der Waals surface area contributed by atoms with E-state index in [1.54, 1.807) is 14.1 Å². The first-order chi connectivity index (χ1) is 10.8. The molecule has 0 bridgehead atoms. The molecule has 2 amide bonds. The third-order valence-corrected chi connectivity index (χ3v) is 3.48. The Morgan fingerprint density at radius 3 is 2.38 bits per heavy atom. The number of piperidine rings is 1. The highest BCUT2D eigenvalue weighted by Gasteiger charge is 2.20. The number of carbonyl (C=O) groups is 2. The zero-order chi connectivity index (χ0) is 17.4. The van der Waals surface area contributed by atoms with E-state index in [2.05, 4.69) is 15.6 Å². The minimum atomic E-state index is -0.292. The fourth-order valence-electron chi connectivity index (χ4n) is 2.17. The smallest absolute Gasteiger partial charge is 0.242 e. The van der Waals surface area contributed by atoms with Gasteiger partial charge in [-0.3, -0.25) is 9.59 Å². The number of nitrogens with zero attached hydrogens (tertiary/aromatic N) is 3. The zero-order valence-corrected chi connectivity index (χ0v) is 17.2. The summed E-state index contributed by atoms with van der Waals surface area (Å²) in [5.41, 5.74) is 0. The summed E-state index contributed by atoms with van der Waals surface area (Å²) in [5, 5.41) is 15.4. The number of aliphatic imine (C=N–C) groups is 1. The van der Waals surface area contributed by atoms with E-state index in [0.717, 1.165) is 0 Å². The van der Waals surface area contributed by atoms with Crippen LogP contribution in [0.3, 0.4) is 0 Å². The Morgan fingerprint density at radius 1 is 1.29 bits per heavy atom. The van der Waals surface area contributed by atoms with Crippen LogP contribution in [0.5, 0.6) is 0 Å². The highest BCUT2D eigenvalue weighted by Crippen LogP contribution is 2.09. The van der Waals surface area contributed by atoms with Crippen molar-refractivity contribution < 1.29 is 14.7 Å². The predicted octanol–water partition coefficient (Wildman–Crippen LogP) is -0.380. The Hall–Kier alpha value is -1.10. The molecular formula is C15H30IN5O3. The molecule has 24 heavy (non-hydrogen) atoms. The molecule has 0 radical (unpaired) electrons. The number of likely N-dealkylation sites (N-methyl/N-ethyl adjacent to an activating group) is 1. The molecule has 0 unspecified atom stereocenters. The predicted molar refractivity (Wildman–Crippen MR) is 105 cm³/mol. The third kappa shape index (κ3) is 8.67. The average molecular weight is 455 g/mol. The minimum absolute atomic E-state index is 0. The Labute approximate surface area is 161 Å². The molecule has 3 N–H and O–H groups in total. The summed E-state index contributed by atoms with van der Waals surface area (Å²) in [5.74, 6) is 0.308. The summed E-state index contributed by atoms with van der Waals surface area (Å²) in [6.07, 6.45) is 1.02. The first-order valence-corrected chi connectivity index (χ1v) is 8.00. The molecule has 1 aliphatic rings. The van der Waals surface area contributed by atoms with Crippen LogP contribution in [0.25, 0.3) is 0 Å². The SMILES string of the molecule is CC(C)NC(=O)CN=C(NCC(=O)N(C)C)N1CCC(O)CC1.I. The molecule has 9 heteroatoms. The van der Waals surface area contributed by atoms with E-state index < -0.39 is 0 Å². The summed E-state index contributed by atoms with van der Waals surface area (Å²) < 4.78 is 0. The maximum Gasteiger partial charge on any atom is 0.242 e. The number of aliphatic hydroxyl groups excluding tert-OH is 1. The zero-order valence-electron chi connectivity index (χ0n) is 14.9. The molecule has 0 aromatic rings. The molecule has 0 saturated carbocycles. The second-order valence-corrected chi connectivity index (χ2v) is 6.22. The molecule has 1 saturated heterocycles. The third-order valence-electron chi connectivity index (χ3n) is 3.48. The van der Waals surface area contributed by atoms with Gasteiger partial charge in [0.15, 0.2) is 5.96 Å². The Bertz CT molecular complexity index is 435. The van der Waals surface area contributed by atoms with Crippen molar-refractivity contribution in [1.82, 2.24) is 20.4 Å². The van der Waals surface area contributed by atoms with Crippen LogP contribution in [0, 0.1) is 0 Å². The van der Waals surface area contributed by atoms with Gasteiger partial charge in [-0.1, -0.05) is 0 Å². The molecule has 1 rings (SSSR count). The van der Waals surface area contributed by atoms with E-state index in [4.69, 9.17) is 0 Å². The van der Waals surface area contributed by atoms with Crippen LogP contribution in [0.2, 0.25) is 0 Å². The van der Waals surface area contributed by atoms with Crippen molar-refractivity contribution in [3.05, 3.63) is 0 Å². The molecule has 1 aliphatic heterocycles. The number of hydrogen-bond acceptors (Lipinski definition) is 4. The number of guanidine groups is 1. The fraction of sp³-hybridized carbons (Fsp3) is 0.800. The lowest BCUT2D eigenvalue weighted by atomic mass is 10.1. The van der Waals surface area contributed by atoms with Crippen molar-refractivity contribution in [3.63, 3.8) is 0 Å². The lowest BCUT2D eigenvalue weighted by Crippen LogP contribution is -2.49. The van der Waals surface area contributed by atoms with Crippen molar-refractivity contribution in [2.45, 2.75) is 38.8 Å². The number of hydrogen-bond donors (Lipinski definition) is 3. The van der Waals surface area contributed by atoms with Crippen LogP contribution < -0.4 is 10.6 Å². The van der Waals surface area contributed by atoms with E-state index in [1.807, 2.05) is 18.7 Å². The quantitative estimate of drug-likeness (QED) is 0.299. The lowest BCUT2D eigenvalue weighted by Gasteiger charge is -2.32. The molecule has 0 aliphatic carbocycles. The van der Waals surface area contributed by atoms with E-state index in [0.29, 0.717) is 31.9 Å². The van der Waals surface area contributed by atoms with Gasteiger partial charge in [0.05, 0.1) is 12.6 Å². The summed E-state index contributed by atoms with van der Waals surface area (Å²) >= 11 is 0. The number of amides is 2. The van der Waals surface area contributed by atoms with Crippen LogP contribution in [0.15, 0.2) is 4.99 Å². The molecule has 0 atom stereocenters. The molecule has 1 heterocycles. The van der Waals surface area contributed by atoms with Crippen LogP contribution >= 0.6 is 24.0 Å². The molecule has 0 aromatic carbocycles. The molecule has 140 valence electrons. The number of halogens is 1.